The van der Waals surface area contributed by atoms with E-state index in [0.717, 1.165) is 11.2 Å². The minimum absolute atomic E-state index is 0.193. The maximum atomic E-state index is 11.5. The molecule has 1 aliphatic carbocycles. The molecule has 7 nitrogen and oxygen atoms in total. The summed E-state index contributed by atoms with van der Waals surface area (Å²) in [7, 11) is 0. The summed E-state index contributed by atoms with van der Waals surface area (Å²) in [6, 6.07) is 6.07. The van der Waals surface area contributed by atoms with Gasteiger partial charge in [-0.2, -0.15) is 5.10 Å². The highest BCUT2D eigenvalue weighted by Crippen LogP contribution is 2.41. The van der Waals surface area contributed by atoms with E-state index in [1.165, 1.54) is 18.4 Å². The van der Waals surface area contributed by atoms with Crippen molar-refractivity contribution in [3.8, 4) is 0 Å². The van der Waals surface area contributed by atoms with Crippen molar-refractivity contribution in [1.29, 1.82) is 0 Å². The van der Waals surface area contributed by atoms with Crippen LogP contribution in [0.3, 0.4) is 0 Å². The fourth-order valence-electron chi connectivity index (χ4n) is 2.73. The number of azide groups is 1. The van der Waals surface area contributed by atoms with Crippen LogP contribution in [0, 0.1) is 5.41 Å². The van der Waals surface area contributed by atoms with Crippen LogP contribution in [0.5, 0.6) is 0 Å². The number of aromatic nitrogens is 2. The molecule has 2 aromatic rings. The number of carboxylic acids is 1. The molecule has 2 heterocycles. The number of aliphatic carboxylic acids is 1. The topological polar surface area (TPSA) is 103 Å². The smallest absolute Gasteiger partial charge is 0.309 e. The molecular weight excluding hydrogens is 294 g/mol. The van der Waals surface area contributed by atoms with Gasteiger partial charge in [-0.1, -0.05) is 5.11 Å². The average molecular weight is 313 g/mol. The van der Waals surface area contributed by atoms with Gasteiger partial charge in [0.15, 0.2) is 0 Å². The molecule has 2 aromatic heterocycles. The first kappa shape index (κ1) is 15.4. The first-order valence-corrected chi connectivity index (χ1v) is 7.66. The molecule has 1 fully saturated rings. The normalized spacial score (nSPS) is 14.7. The highest BCUT2D eigenvalue weighted by Gasteiger charge is 2.30. The zero-order valence-electron chi connectivity index (χ0n) is 13.2. The molecule has 0 bridgehead atoms. The van der Waals surface area contributed by atoms with Crippen LogP contribution in [0.25, 0.3) is 16.0 Å². The van der Waals surface area contributed by atoms with E-state index in [1.54, 1.807) is 18.4 Å². The van der Waals surface area contributed by atoms with Crippen LogP contribution < -0.4 is 0 Å². The van der Waals surface area contributed by atoms with Crippen LogP contribution in [0.4, 0.5) is 0 Å². The van der Waals surface area contributed by atoms with Crippen molar-refractivity contribution in [2.24, 2.45) is 10.5 Å². The largest absolute Gasteiger partial charge is 0.481 e. The molecule has 1 aliphatic rings. The van der Waals surface area contributed by atoms with E-state index in [0.29, 0.717) is 18.0 Å². The quantitative estimate of drug-likeness (QED) is 0.499. The molecule has 0 aliphatic heterocycles. The molecule has 7 heteroatoms. The van der Waals surface area contributed by atoms with Gasteiger partial charge in [-0.3, -0.25) is 4.79 Å². The number of hydrogen-bond acceptors (Lipinski definition) is 3. The second kappa shape index (κ2) is 5.59. The molecule has 0 spiro atoms. The third kappa shape index (κ3) is 3.14. The Morgan fingerprint density at radius 1 is 1.48 bits per heavy atom. The summed E-state index contributed by atoms with van der Waals surface area (Å²) >= 11 is 0. The predicted molar refractivity (Wildman–Crippen MR) is 85.1 cm³/mol. The highest BCUT2D eigenvalue weighted by atomic mass is 16.4. The van der Waals surface area contributed by atoms with Crippen molar-refractivity contribution in [3.05, 3.63) is 45.6 Å². The van der Waals surface area contributed by atoms with Crippen LogP contribution in [0.15, 0.2) is 23.3 Å². The lowest BCUT2D eigenvalue weighted by Crippen LogP contribution is -2.27. The number of pyridine rings is 1. The van der Waals surface area contributed by atoms with Crippen LogP contribution in [0.1, 0.15) is 49.6 Å². The summed E-state index contributed by atoms with van der Waals surface area (Å²) in [6.07, 6.45) is 2.75. The van der Waals surface area contributed by atoms with E-state index in [4.69, 9.17) is 5.53 Å². The van der Waals surface area contributed by atoms with E-state index in [1.807, 2.05) is 6.07 Å². The summed E-state index contributed by atoms with van der Waals surface area (Å²) in [6.45, 7) is 3.63. The second-order valence-corrected chi connectivity index (χ2v) is 6.78. The van der Waals surface area contributed by atoms with Gasteiger partial charge < -0.3 is 5.11 Å². The molecule has 0 radical (unpaired) electrons. The molecular formula is C16H19N5O2. The number of hydrogen-bond donors (Lipinski definition) is 1. The Morgan fingerprint density at radius 2 is 2.22 bits per heavy atom. The fourth-order valence-corrected chi connectivity index (χ4v) is 2.73. The Morgan fingerprint density at radius 3 is 2.83 bits per heavy atom. The van der Waals surface area contributed by atoms with Crippen LogP contribution in [0.2, 0.25) is 0 Å². The average Bonchev–Trinajstić information content (AvgIpc) is 3.25. The third-order valence-corrected chi connectivity index (χ3v) is 4.25. The molecule has 0 saturated heterocycles. The fraction of sp³-hybridized carbons (Fsp3) is 0.500. The highest BCUT2D eigenvalue weighted by molar-refractivity contribution is 5.74. The van der Waals surface area contributed by atoms with Crippen LogP contribution in [-0.4, -0.2) is 20.7 Å². The first-order chi connectivity index (χ1) is 10.9. The zero-order chi connectivity index (χ0) is 16.6. The minimum Gasteiger partial charge on any atom is -0.481 e. The Labute approximate surface area is 133 Å². The molecule has 3 rings (SSSR count). The van der Waals surface area contributed by atoms with Gasteiger partial charge in [0.25, 0.3) is 0 Å². The van der Waals surface area contributed by atoms with Gasteiger partial charge in [-0.15, -0.1) is 0 Å². The van der Waals surface area contributed by atoms with Gasteiger partial charge in [-0.05, 0) is 61.9 Å². The Bertz CT molecular complexity index is 813. The van der Waals surface area contributed by atoms with Crippen molar-refractivity contribution in [1.82, 2.24) is 9.61 Å². The lowest BCUT2D eigenvalue weighted by molar-refractivity contribution is -0.146. The predicted octanol–water partition coefficient (Wildman–Crippen LogP) is 3.68. The van der Waals surface area contributed by atoms with E-state index in [2.05, 4.69) is 27.3 Å². The van der Waals surface area contributed by atoms with Crippen LogP contribution in [-0.2, 0) is 17.8 Å². The molecule has 1 N–H and O–H groups in total. The lowest BCUT2D eigenvalue weighted by Gasteiger charge is -2.20. The summed E-state index contributed by atoms with van der Waals surface area (Å²) < 4.78 is 1.78. The number of fused-ring (bicyclic) bond motifs is 1. The van der Waals surface area contributed by atoms with Crippen molar-refractivity contribution in [3.63, 3.8) is 0 Å². The van der Waals surface area contributed by atoms with Gasteiger partial charge in [0, 0.05) is 17.0 Å². The monoisotopic (exact) mass is 313 g/mol. The number of rotatable bonds is 6. The van der Waals surface area contributed by atoms with E-state index < -0.39 is 11.4 Å². The summed E-state index contributed by atoms with van der Waals surface area (Å²) in [5, 5.41) is 17.4. The summed E-state index contributed by atoms with van der Waals surface area (Å²) in [5.74, 6) is -0.258. The van der Waals surface area contributed by atoms with E-state index in [9.17, 15) is 9.90 Å². The van der Waals surface area contributed by atoms with Crippen molar-refractivity contribution in [2.45, 2.75) is 45.6 Å². The van der Waals surface area contributed by atoms with Crippen molar-refractivity contribution in [2.75, 3.05) is 0 Å². The molecule has 0 atom stereocenters. The maximum Gasteiger partial charge on any atom is 0.309 e. The third-order valence-electron chi connectivity index (χ3n) is 4.25. The summed E-state index contributed by atoms with van der Waals surface area (Å²) in [4.78, 5) is 14.2. The van der Waals surface area contributed by atoms with Gasteiger partial charge in [0.05, 0.1) is 23.2 Å². The van der Waals surface area contributed by atoms with Gasteiger partial charge in [0.2, 0.25) is 0 Å². The lowest BCUT2D eigenvalue weighted by atomic mass is 9.87. The molecule has 0 amide bonds. The minimum atomic E-state index is -0.869. The molecule has 1 saturated carbocycles. The van der Waals surface area contributed by atoms with E-state index in [-0.39, 0.29) is 6.54 Å². The van der Waals surface area contributed by atoms with Gasteiger partial charge >= 0.3 is 5.97 Å². The molecule has 0 unspecified atom stereocenters. The number of carbonyl (C=O) groups is 1. The van der Waals surface area contributed by atoms with Gasteiger partial charge in [-0.25, -0.2) is 4.52 Å². The Kier molecular flexibility index (Phi) is 3.74. The molecule has 23 heavy (non-hydrogen) atoms. The Balaban J connectivity index is 2.07. The molecule has 120 valence electrons. The number of nitrogens with zero attached hydrogens (tertiary/aromatic N) is 5. The van der Waals surface area contributed by atoms with Crippen LogP contribution >= 0.6 is 0 Å². The molecule has 0 aromatic carbocycles. The van der Waals surface area contributed by atoms with Crippen molar-refractivity contribution >= 4 is 11.5 Å². The van der Waals surface area contributed by atoms with E-state index >= 15 is 0 Å². The zero-order valence-corrected chi connectivity index (χ0v) is 13.2. The maximum absolute atomic E-state index is 11.5. The van der Waals surface area contributed by atoms with Crippen molar-refractivity contribution < 1.29 is 9.90 Å². The Hall–Kier alpha value is -2.53. The van der Waals surface area contributed by atoms with Gasteiger partial charge in [0.1, 0.15) is 0 Å². The second-order valence-electron chi connectivity index (χ2n) is 6.78. The number of carboxylic acid groups (broad SMARTS) is 1. The first-order valence-electron chi connectivity index (χ1n) is 7.66. The SMILES string of the molecule is CC(C)(Cc1cc(C2CC2)cc2cc(CN=[N+]=[N-])nn12)C(=O)O. The standard InChI is InChI=1S/C16H19N5O2/c1-16(2,15(22)23)8-14-6-11(10-3-4-10)5-13-7-12(9-18-20-17)19-21(13)14/h5-7,10H,3-4,8-9H2,1-2H3,(H,22,23). The summed E-state index contributed by atoms with van der Waals surface area (Å²) in [5.41, 5.74) is 11.3.